The maximum Gasteiger partial charge on any atom is 0.258 e. The van der Waals surface area contributed by atoms with Gasteiger partial charge in [-0.05, 0) is 31.5 Å². The summed E-state index contributed by atoms with van der Waals surface area (Å²) in [6.07, 6.45) is 1.26. The molecule has 2 aromatic heterocycles. The van der Waals surface area contributed by atoms with Gasteiger partial charge in [-0.15, -0.1) is 0 Å². The van der Waals surface area contributed by atoms with E-state index in [9.17, 15) is 9.90 Å². The monoisotopic (exact) mass is 257 g/mol. The van der Waals surface area contributed by atoms with Crippen LogP contribution in [0.2, 0.25) is 0 Å². The van der Waals surface area contributed by atoms with Crippen molar-refractivity contribution in [2.24, 2.45) is 0 Å². The minimum Gasteiger partial charge on any atom is -0.506 e. The number of aromatic hydroxyl groups is 1. The number of aryl methyl sites for hydroxylation is 2. The molecule has 0 atom stereocenters. The molecule has 0 amide bonds. The fraction of sp³-hybridized carbons (Fsp3) is 0.154. The molecule has 3 aromatic rings. The van der Waals surface area contributed by atoms with Gasteiger partial charge in [0.15, 0.2) is 0 Å². The van der Waals surface area contributed by atoms with Gasteiger partial charge in [-0.25, -0.2) is 4.98 Å². The second kappa shape index (κ2) is 3.94. The SMILES string of the molecule is Cc1noc(C)c1-c1cc(O)c2nc[nH]c(=O)c2c1. The van der Waals surface area contributed by atoms with Crippen LogP contribution in [-0.4, -0.2) is 20.2 Å². The topological polar surface area (TPSA) is 92.0 Å². The summed E-state index contributed by atoms with van der Waals surface area (Å²) in [4.78, 5) is 18.2. The molecule has 2 N–H and O–H groups in total. The third kappa shape index (κ3) is 1.69. The minimum absolute atomic E-state index is 0.0430. The zero-order valence-corrected chi connectivity index (χ0v) is 10.4. The summed E-state index contributed by atoms with van der Waals surface area (Å²) < 4.78 is 5.10. The number of rotatable bonds is 1. The lowest BCUT2D eigenvalue weighted by Crippen LogP contribution is -2.06. The molecule has 0 spiro atoms. The quantitative estimate of drug-likeness (QED) is 0.694. The van der Waals surface area contributed by atoms with E-state index < -0.39 is 0 Å². The van der Waals surface area contributed by atoms with Crippen molar-refractivity contribution >= 4 is 10.9 Å². The van der Waals surface area contributed by atoms with Crippen LogP contribution in [0.4, 0.5) is 0 Å². The van der Waals surface area contributed by atoms with Crippen molar-refractivity contribution in [1.29, 1.82) is 0 Å². The van der Waals surface area contributed by atoms with Gasteiger partial charge in [-0.1, -0.05) is 5.16 Å². The summed E-state index contributed by atoms with van der Waals surface area (Å²) in [6, 6.07) is 3.23. The third-order valence-corrected chi connectivity index (χ3v) is 3.05. The molecule has 6 heteroatoms. The first kappa shape index (κ1) is 11.5. The van der Waals surface area contributed by atoms with Crippen LogP contribution < -0.4 is 5.56 Å². The van der Waals surface area contributed by atoms with Crippen molar-refractivity contribution in [3.8, 4) is 16.9 Å². The van der Waals surface area contributed by atoms with Crippen LogP contribution in [0.3, 0.4) is 0 Å². The molecule has 0 bridgehead atoms. The second-order valence-corrected chi connectivity index (χ2v) is 4.32. The number of nitrogens with zero attached hydrogens (tertiary/aromatic N) is 2. The molecule has 0 fully saturated rings. The standard InChI is InChI=1S/C13H11N3O3/c1-6-11(7(2)19-16-6)8-3-9-12(10(17)4-8)14-5-15-13(9)18/h3-5,17H,1-2H3,(H,14,15,18). The van der Waals surface area contributed by atoms with Gasteiger partial charge < -0.3 is 14.6 Å². The van der Waals surface area contributed by atoms with Crippen molar-refractivity contribution in [2.75, 3.05) is 0 Å². The Morgan fingerprint density at radius 2 is 2.11 bits per heavy atom. The normalized spacial score (nSPS) is 11.1. The highest BCUT2D eigenvalue weighted by molar-refractivity contribution is 5.89. The largest absolute Gasteiger partial charge is 0.506 e. The Balaban J connectivity index is 2.39. The van der Waals surface area contributed by atoms with Crippen LogP contribution in [-0.2, 0) is 0 Å². The van der Waals surface area contributed by atoms with Crippen molar-refractivity contribution in [1.82, 2.24) is 15.1 Å². The van der Waals surface area contributed by atoms with Crippen LogP contribution >= 0.6 is 0 Å². The zero-order chi connectivity index (χ0) is 13.6. The molecule has 3 rings (SSSR count). The molecule has 0 aliphatic carbocycles. The second-order valence-electron chi connectivity index (χ2n) is 4.32. The zero-order valence-electron chi connectivity index (χ0n) is 10.4. The molecule has 6 nitrogen and oxygen atoms in total. The number of nitrogens with one attached hydrogen (secondary N) is 1. The number of hydrogen-bond donors (Lipinski definition) is 2. The van der Waals surface area contributed by atoms with E-state index in [1.54, 1.807) is 26.0 Å². The van der Waals surface area contributed by atoms with Gasteiger partial charge in [-0.2, -0.15) is 0 Å². The fourth-order valence-electron chi connectivity index (χ4n) is 2.20. The molecule has 0 aliphatic rings. The van der Waals surface area contributed by atoms with Gasteiger partial charge in [0.2, 0.25) is 0 Å². The highest BCUT2D eigenvalue weighted by Crippen LogP contribution is 2.32. The number of aromatic amines is 1. The first-order valence-electron chi connectivity index (χ1n) is 5.71. The lowest BCUT2D eigenvalue weighted by Gasteiger charge is -2.04. The molecule has 1 aromatic carbocycles. The molecule has 0 saturated carbocycles. The van der Waals surface area contributed by atoms with Crippen molar-refractivity contribution in [3.63, 3.8) is 0 Å². The number of phenols is 1. The lowest BCUT2D eigenvalue weighted by atomic mass is 10.0. The van der Waals surface area contributed by atoms with E-state index in [0.29, 0.717) is 22.4 Å². The minimum atomic E-state index is -0.297. The van der Waals surface area contributed by atoms with Crippen molar-refractivity contribution < 1.29 is 9.63 Å². The number of hydrogen-bond acceptors (Lipinski definition) is 5. The molecule has 19 heavy (non-hydrogen) atoms. The molecule has 2 heterocycles. The molecular formula is C13H11N3O3. The Bertz CT molecular complexity index is 813. The molecular weight excluding hydrogens is 246 g/mol. The number of H-pyrrole nitrogens is 1. The maximum atomic E-state index is 11.8. The van der Waals surface area contributed by atoms with Crippen molar-refractivity contribution in [2.45, 2.75) is 13.8 Å². The number of fused-ring (bicyclic) bond motifs is 1. The van der Waals surface area contributed by atoms with E-state index in [1.165, 1.54) is 6.33 Å². The molecule has 0 saturated heterocycles. The van der Waals surface area contributed by atoms with Gasteiger partial charge in [0.25, 0.3) is 5.56 Å². The van der Waals surface area contributed by atoms with Gasteiger partial charge in [-0.3, -0.25) is 4.79 Å². The smallest absolute Gasteiger partial charge is 0.258 e. The van der Waals surface area contributed by atoms with E-state index in [1.807, 2.05) is 0 Å². The summed E-state index contributed by atoms with van der Waals surface area (Å²) in [5.74, 6) is 0.593. The van der Waals surface area contributed by atoms with Crippen LogP contribution in [0.1, 0.15) is 11.5 Å². The first-order valence-corrected chi connectivity index (χ1v) is 5.71. The van der Waals surface area contributed by atoms with Crippen LogP contribution in [0.25, 0.3) is 22.0 Å². The third-order valence-electron chi connectivity index (χ3n) is 3.05. The molecule has 96 valence electrons. The van der Waals surface area contributed by atoms with Crippen LogP contribution in [0, 0.1) is 13.8 Å². The summed E-state index contributed by atoms with van der Waals surface area (Å²) in [5, 5.41) is 14.2. The van der Waals surface area contributed by atoms with E-state index in [2.05, 4.69) is 15.1 Å². The average molecular weight is 257 g/mol. The Labute approximate surface area is 107 Å². The van der Waals surface area contributed by atoms with E-state index >= 15 is 0 Å². The Kier molecular flexibility index (Phi) is 2.38. The number of benzene rings is 1. The maximum absolute atomic E-state index is 11.8. The van der Waals surface area contributed by atoms with Crippen LogP contribution in [0.5, 0.6) is 5.75 Å². The Morgan fingerprint density at radius 3 is 2.79 bits per heavy atom. The summed E-state index contributed by atoms with van der Waals surface area (Å²) >= 11 is 0. The number of aromatic nitrogens is 3. The predicted molar refractivity (Wildman–Crippen MR) is 69.0 cm³/mol. The summed E-state index contributed by atoms with van der Waals surface area (Å²) in [7, 11) is 0. The summed E-state index contributed by atoms with van der Waals surface area (Å²) in [6.45, 7) is 3.59. The molecule has 0 aliphatic heterocycles. The van der Waals surface area contributed by atoms with Gasteiger partial charge in [0.1, 0.15) is 17.0 Å². The highest BCUT2D eigenvalue weighted by Gasteiger charge is 2.15. The molecule has 0 unspecified atom stereocenters. The Hall–Kier alpha value is -2.63. The van der Waals surface area contributed by atoms with E-state index in [4.69, 9.17) is 4.52 Å². The van der Waals surface area contributed by atoms with Gasteiger partial charge in [0.05, 0.1) is 17.4 Å². The lowest BCUT2D eigenvalue weighted by molar-refractivity contribution is 0.393. The predicted octanol–water partition coefficient (Wildman–Crippen LogP) is 1.90. The number of phenolic OH excluding ortho intramolecular Hbond substituents is 1. The summed E-state index contributed by atoms with van der Waals surface area (Å²) in [5.41, 5.74) is 2.14. The van der Waals surface area contributed by atoms with Gasteiger partial charge in [0, 0.05) is 5.56 Å². The van der Waals surface area contributed by atoms with E-state index in [0.717, 1.165) is 5.56 Å². The molecule has 0 radical (unpaired) electrons. The van der Waals surface area contributed by atoms with Gasteiger partial charge >= 0.3 is 0 Å². The van der Waals surface area contributed by atoms with Crippen molar-refractivity contribution in [3.05, 3.63) is 40.3 Å². The average Bonchev–Trinajstić information content (AvgIpc) is 2.70. The van der Waals surface area contributed by atoms with E-state index in [-0.39, 0.29) is 16.8 Å². The Morgan fingerprint density at radius 1 is 1.32 bits per heavy atom. The fourth-order valence-corrected chi connectivity index (χ4v) is 2.20. The first-order chi connectivity index (χ1) is 9.08. The van der Waals surface area contributed by atoms with Crippen LogP contribution in [0.15, 0.2) is 27.8 Å². The highest BCUT2D eigenvalue weighted by atomic mass is 16.5.